The van der Waals surface area contributed by atoms with Gasteiger partial charge in [0.15, 0.2) is 0 Å². The van der Waals surface area contributed by atoms with E-state index < -0.39 is 11.6 Å². The maximum Gasteiger partial charge on any atom is 0.149 e. The molecule has 106 valence electrons. The van der Waals surface area contributed by atoms with Gasteiger partial charge in [0.25, 0.3) is 0 Å². The summed E-state index contributed by atoms with van der Waals surface area (Å²) in [4.78, 5) is 6.19. The first-order valence-corrected chi connectivity index (χ1v) is 6.77. The van der Waals surface area contributed by atoms with Crippen LogP contribution in [0.3, 0.4) is 0 Å². The SMILES string of the molecule is CN(C)c1ncc(Br)cc1CNc1ccc(F)cc1F. The maximum atomic E-state index is 13.6. The summed E-state index contributed by atoms with van der Waals surface area (Å²) < 4.78 is 27.2. The van der Waals surface area contributed by atoms with E-state index >= 15 is 0 Å². The maximum absolute atomic E-state index is 13.6. The van der Waals surface area contributed by atoms with Crippen LogP contribution in [0.15, 0.2) is 34.9 Å². The molecule has 0 fully saturated rings. The molecular weight excluding hydrogens is 328 g/mol. The predicted molar refractivity (Wildman–Crippen MR) is 79.9 cm³/mol. The fourth-order valence-electron chi connectivity index (χ4n) is 1.83. The third-order valence-electron chi connectivity index (χ3n) is 2.73. The molecule has 0 aliphatic carbocycles. The molecule has 2 rings (SSSR count). The van der Waals surface area contributed by atoms with Crippen molar-refractivity contribution in [2.75, 3.05) is 24.3 Å². The minimum Gasteiger partial charge on any atom is -0.378 e. The van der Waals surface area contributed by atoms with Crippen LogP contribution in [0.1, 0.15) is 5.56 Å². The van der Waals surface area contributed by atoms with Crippen LogP contribution in [0.5, 0.6) is 0 Å². The molecule has 2 aromatic rings. The molecular formula is C14H14BrF2N3. The van der Waals surface area contributed by atoms with Gasteiger partial charge in [0, 0.05) is 42.9 Å². The molecule has 0 amide bonds. The third kappa shape index (κ3) is 3.45. The summed E-state index contributed by atoms with van der Waals surface area (Å²) >= 11 is 3.36. The summed E-state index contributed by atoms with van der Waals surface area (Å²) in [5, 5.41) is 2.95. The zero-order valence-corrected chi connectivity index (χ0v) is 12.7. The Bertz CT molecular complexity index is 617. The van der Waals surface area contributed by atoms with Crippen molar-refractivity contribution in [2.45, 2.75) is 6.54 Å². The van der Waals surface area contributed by atoms with Crippen molar-refractivity contribution >= 4 is 27.4 Å². The lowest BCUT2D eigenvalue weighted by atomic mass is 10.2. The van der Waals surface area contributed by atoms with Gasteiger partial charge in [-0.2, -0.15) is 0 Å². The largest absolute Gasteiger partial charge is 0.378 e. The van der Waals surface area contributed by atoms with Crippen LogP contribution in [-0.2, 0) is 6.54 Å². The molecule has 0 atom stereocenters. The zero-order valence-electron chi connectivity index (χ0n) is 11.1. The number of hydrogen-bond donors (Lipinski definition) is 1. The van der Waals surface area contributed by atoms with Crippen molar-refractivity contribution in [1.29, 1.82) is 0 Å². The van der Waals surface area contributed by atoms with E-state index in [0.29, 0.717) is 6.54 Å². The lowest BCUT2D eigenvalue weighted by molar-refractivity contribution is 0.585. The van der Waals surface area contributed by atoms with Gasteiger partial charge in [0.2, 0.25) is 0 Å². The summed E-state index contributed by atoms with van der Waals surface area (Å²) in [5.41, 5.74) is 1.17. The van der Waals surface area contributed by atoms with Crippen LogP contribution in [-0.4, -0.2) is 19.1 Å². The van der Waals surface area contributed by atoms with E-state index in [1.165, 1.54) is 12.1 Å². The minimum absolute atomic E-state index is 0.260. The van der Waals surface area contributed by atoms with Gasteiger partial charge in [-0.05, 0) is 34.1 Å². The van der Waals surface area contributed by atoms with Gasteiger partial charge in [-0.1, -0.05) is 0 Å². The quantitative estimate of drug-likeness (QED) is 0.916. The summed E-state index contributed by atoms with van der Waals surface area (Å²) in [6.07, 6.45) is 1.71. The molecule has 0 bridgehead atoms. The lowest BCUT2D eigenvalue weighted by Crippen LogP contribution is -2.15. The van der Waals surface area contributed by atoms with Crippen LogP contribution in [0, 0.1) is 11.6 Å². The molecule has 6 heteroatoms. The van der Waals surface area contributed by atoms with E-state index in [0.717, 1.165) is 21.9 Å². The number of hydrogen-bond acceptors (Lipinski definition) is 3. The van der Waals surface area contributed by atoms with Crippen molar-refractivity contribution in [1.82, 2.24) is 4.98 Å². The second-order valence-corrected chi connectivity index (χ2v) is 5.42. The Hall–Kier alpha value is -1.69. The topological polar surface area (TPSA) is 28.2 Å². The molecule has 0 spiro atoms. The van der Waals surface area contributed by atoms with Gasteiger partial charge in [-0.25, -0.2) is 13.8 Å². The first-order chi connectivity index (χ1) is 9.47. The highest BCUT2D eigenvalue weighted by Gasteiger charge is 2.09. The molecule has 0 radical (unpaired) electrons. The van der Waals surface area contributed by atoms with Gasteiger partial charge < -0.3 is 10.2 Å². The van der Waals surface area contributed by atoms with Crippen molar-refractivity contribution in [3.8, 4) is 0 Å². The van der Waals surface area contributed by atoms with Gasteiger partial charge in [0.05, 0.1) is 5.69 Å². The van der Waals surface area contributed by atoms with Crippen LogP contribution in [0.25, 0.3) is 0 Å². The molecule has 3 nitrogen and oxygen atoms in total. The van der Waals surface area contributed by atoms with Crippen molar-refractivity contribution in [3.63, 3.8) is 0 Å². The fraction of sp³-hybridized carbons (Fsp3) is 0.214. The predicted octanol–water partition coefficient (Wildman–Crippen LogP) is 3.80. The molecule has 1 aromatic carbocycles. The van der Waals surface area contributed by atoms with Crippen LogP contribution in [0.4, 0.5) is 20.3 Å². The summed E-state index contributed by atoms with van der Waals surface area (Å²) in [5.74, 6) is -0.409. The van der Waals surface area contributed by atoms with E-state index in [4.69, 9.17) is 0 Å². The molecule has 20 heavy (non-hydrogen) atoms. The first-order valence-electron chi connectivity index (χ1n) is 5.98. The number of pyridine rings is 1. The number of nitrogens with one attached hydrogen (secondary N) is 1. The van der Waals surface area contributed by atoms with Gasteiger partial charge in [-0.3, -0.25) is 0 Å². The number of halogens is 3. The zero-order chi connectivity index (χ0) is 14.7. The lowest BCUT2D eigenvalue weighted by Gasteiger charge is -2.17. The standard InChI is InChI=1S/C14H14BrF2N3/c1-20(2)14-9(5-10(15)8-19-14)7-18-13-4-3-11(16)6-12(13)17/h3-6,8,18H,7H2,1-2H3. The van der Waals surface area contributed by atoms with Crippen molar-refractivity contribution < 1.29 is 8.78 Å². The van der Waals surface area contributed by atoms with Gasteiger partial charge in [-0.15, -0.1) is 0 Å². The number of rotatable bonds is 4. The van der Waals surface area contributed by atoms with Gasteiger partial charge >= 0.3 is 0 Å². The normalized spacial score (nSPS) is 10.4. The highest BCUT2D eigenvalue weighted by molar-refractivity contribution is 9.10. The Balaban J connectivity index is 2.20. The first kappa shape index (κ1) is 14.7. The van der Waals surface area contributed by atoms with Crippen LogP contribution < -0.4 is 10.2 Å². The number of nitrogens with zero attached hydrogens (tertiary/aromatic N) is 2. The van der Waals surface area contributed by atoms with E-state index in [9.17, 15) is 8.78 Å². The second kappa shape index (κ2) is 6.17. The number of aromatic nitrogens is 1. The molecule has 0 unspecified atom stereocenters. The third-order valence-corrected chi connectivity index (χ3v) is 3.17. The fourth-order valence-corrected chi connectivity index (χ4v) is 2.21. The van der Waals surface area contributed by atoms with Gasteiger partial charge in [0.1, 0.15) is 17.5 Å². The van der Waals surface area contributed by atoms with Crippen molar-refractivity contribution in [2.24, 2.45) is 0 Å². The smallest absolute Gasteiger partial charge is 0.149 e. The molecule has 0 saturated heterocycles. The highest BCUT2D eigenvalue weighted by Crippen LogP contribution is 2.22. The molecule has 1 heterocycles. The number of anilines is 2. The summed E-state index contributed by atoms with van der Waals surface area (Å²) in [7, 11) is 3.77. The monoisotopic (exact) mass is 341 g/mol. The van der Waals surface area contributed by atoms with E-state index in [-0.39, 0.29) is 5.69 Å². The Morgan fingerprint density at radius 3 is 2.65 bits per heavy atom. The minimum atomic E-state index is -0.612. The highest BCUT2D eigenvalue weighted by atomic mass is 79.9. The van der Waals surface area contributed by atoms with E-state index in [1.54, 1.807) is 6.20 Å². The van der Waals surface area contributed by atoms with E-state index in [1.807, 2.05) is 25.1 Å². The summed E-state index contributed by atoms with van der Waals surface area (Å²) in [6, 6.07) is 5.37. The molecule has 0 saturated carbocycles. The van der Waals surface area contributed by atoms with Crippen LogP contribution in [0.2, 0.25) is 0 Å². The Morgan fingerprint density at radius 1 is 1.25 bits per heavy atom. The Kier molecular flexibility index (Phi) is 4.54. The molecule has 1 N–H and O–H groups in total. The Labute approximate surface area is 124 Å². The second-order valence-electron chi connectivity index (χ2n) is 4.51. The number of benzene rings is 1. The molecule has 0 aliphatic rings. The van der Waals surface area contributed by atoms with E-state index in [2.05, 4.69) is 26.2 Å². The summed E-state index contributed by atoms with van der Waals surface area (Å²) in [6.45, 7) is 0.391. The van der Waals surface area contributed by atoms with Crippen molar-refractivity contribution in [3.05, 3.63) is 52.1 Å². The average molecular weight is 342 g/mol. The Morgan fingerprint density at radius 2 is 2.00 bits per heavy atom. The molecule has 1 aromatic heterocycles. The average Bonchev–Trinajstić information content (AvgIpc) is 2.37. The van der Waals surface area contributed by atoms with Crippen LogP contribution >= 0.6 is 15.9 Å². The molecule has 0 aliphatic heterocycles.